The van der Waals surface area contributed by atoms with Gasteiger partial charge in [-0.05, 0) is 32.6 Å². The van der Waals surface area contributed by atoms with Crippen LogP contribution in [0.3, 0.4) is 0 Å². The third-order valence-corrected chi connectivity index (χ3v) is 4.26. The van der Waals surface area contributed by atoms with Gasteiger partial charge >= 0.3 is 0 Å². The lowest BCUT2D eigenvalue weighted by Crippen LogP contribution is -2.32. The predicted molar refractivity (Wildman–Crippen MR) is 70.3 cm³/mol. The molecule has 1 aliphatic rings. The molecule has 0 saturated carbocycles. The molecule has 1 atom stereocenters. The lowest BCUT2D eigenvalue weighted by Gasteiger charge is -2.28. The highest BCUT2D eigenvalue weighted by molar-refractivity contribution is 9.09. The fourth-order valence-corrected chi connectivity index (χ4v) is 2.55. The molecule has 0 spiro atoms. The van der Waals surface area contributed by atoms with E-state index in [4.69, 9.17) is 0 Å². The summed E-state index contributed by atoms with van der Waals surface area (Å²) in [5.74, 6) is 1.12. The van der Waals surface area contributed by atoms with Crippen molar-refractivity contribution in [3.8, 4) is 0 Å². The summed E-state index contributed by atoms with van der Waals surface area (Å²) in [6, 6.07) is 0.459. The van der Waals surface area contributed by atoms with Crippen LogP contribution < -0.4 is 4.90 Å². The van der Waals surface area contributed by atoms with E-state index in [2.05, 4.69) is 44.8 Å². The van der Waals surface area contributed by atoms with Crippen molar-refractivity contribution in [1.29, 1.82) is 0 Å². The van der Waals surface area contributed by atoms with E-state index in [9.17, 15) is 0 Å². The largest absolute Gasteiger partial charge is 0.356 e. The minimum absolute atomic E-state index is 0.459. The molecule has 1 heterocycles. The van der Waals surface area contributed by atoms with E-state index in [1.165, 1.54) is 24.1 Å². The third-order valence-electron chi connectivity index (χ3n) is 3.32. The first kappa shape index (κ1) is 11.8. The number of hydrogen-bond acceptors (Lipinski definition) is 3. The molecular weight excluding hydrogens is 266 g/mol. The number of halogens is 1. The Labute approximate surface area is 105 Å². The van der Waals surface area contributed by atoms with Crippen LogP contribution >= 0.6 is 15.9 Å². The summed E-state index contributed by atoms with van der Waals surface area (Å²) in [5, 5.41) is 0.961. The Morgan fingerprint density at radius 2 is 2.12 bits per heavy atom. The van der Waals surface area contributed by atoms with Gasteiger partial charge in [0.2, 0.25) is 0 Å². The van der Waals surface area contributed by atoms with Gasteiger partial charge in [0.25, 0.3) is 0 Å². The molecule has 0 radical (unpaired) electrons. The van der Waals surface area contributed by atoms with Crippen molar-refractivity contribution in [3.63, 3.8) is 0 Å². The number of aromatic nitrogens is 2. The fraction of sp³-hybridized carbons (Fsp3) is 0.667. The number of alkyl halides is 1. The van der Waals surface area contributed by atoms with Crippen LogP contribution in [-0.2, 0) is 12.8 Å². The lowest BCUT2D eigenvalue weighted by atomic mass is 9.96. The van der Waals surface area contributed by atoms with Gasteiger partial charge in [0.1, 0.15) is 12.1 Å². The quantitative estimate of drug-likeness (QED) is 0.799. The van der Waals surface area contributed by atoms with Gasteiger partial charge in [-0.2, -0.15) is 0 Å². The van der Waals surface area contributed by atoms with Crippen LogP contribution in [0, 0.1) is 0 Å². The van der Waals surface area contributed by atoms with Crippen LogP contribution in [-0.4, -0.2) is 28.4 Å². The molecule has 0 aliphatic heterocycles. The molecule has 4 heteroatoms. The molecule has 1 aromatic heterocycles. The highest BCUT2D eigenvalue weighted by Gasteiger charge is 2.19. The van der Waals surface area contributed by atoms with Gasteiger partial charge in [-0.3, -0.25) is 0 Å². The first-order chi connectivity index (χ1) is 7.74. The standard InChI is InChI=1S/C12H18BrN3/c1-9(7-13)16(2)12-10-5-3-4-6-11(10)14-8-15-12/h8-9H,3-7H2,1-2H3. The van der Waals surface area contributed by atoms with E-state index < -0.39 is 0 Å². The van der Waals surface area contributed by atoms with Gasteiger partial charge < -0.3 is 4.90 Å². The van der Waals surface area contributed by atoms with Crippen LogP contribution in [0.4, 0.5) is 5.82 Å². The highest BCUT2D eigenvalue weighted by Crippen LogP contribution is 2.27. The smallest absolute Gasteiger partial charge is 0.135 e. The summed E-state index contributed by atoms with van der Waals surface area (Å²) in [7, 11) is 2.11. The van der Waals surface area contributed by atoms with Gasteiger partial charge in [-0.25, -0.2) is 9.97 Å². The number of aryl methyl sites for hydroxylation is 1. The molecule has 1 unspecified atom stereocenters. The minimum atomic E-state index is 0.459. The molecular formula is C12H18BrN3. The summed E-state index contributed by atoms with van der Waals surface area (Å²) < 4.78 is 0. The van der Waals surface area contributed by atoms with Gasteiger partial charge in [0, 0.05) is 29.7 Å². The number of nitrogens with zero attached hydrogens (tertiary/aromatic N) is 3. The average Bonchev–Trinajstić information content (AvgIpc) is 2.36. The molecule has 3 nitrogen and oxygen atoms in total. The minimum Gasteiger partial charge on any atom is -0.356 e. The summed E-state index contributed by atoms with van der Waals surface area (Å²) in [4.78, 5) is 11.1. The van der Waals surface area contributed by atoms with Gasteiger partial charge in [0.15, 0.2) is 0 Å². The van der Waals surface area contributed by atoms with Crippen LogP contribution in [0.15, 0.2) is 6.33 Å². The second kappa shape index (κ2) is 5.13. The molecule has 0 amide bonds. The molecule has 1 aromatic rings. The van der Waals surface area contributed by atoms with Crippen molar-refractivity contribution >= 4 is 21.7 Å². The van der Waals surface area contributed by atoms with Crippen LogP contribution in [0.5, 0.6) is 0 Å². The Morgan fingerprint density at radius 1 is 1.38 bits per heavy atom. The average molecular weight is 284 g/mol. The van der Waals surface area contributed by atoms with E-state index in [-0.39, 0.29) is 0 Å². The Hall–Kier alpha value is -0.640. The van der Waals surface area contributed by atoms with E-state index in [1.54, 1.807) is 6.33 Å². The molecule has 2 rings (SSSR count). The number of fused-ring (bicyclic) bond motifs is 1. The van der Waals surface area contributed by atoms with Gasteiger partial charge in [-0.1, -0.05) is 15.9 Å². The number of anilines is 1. The van der Waals surface area contributed by atoms with Crippen molar-refractivity contribution in [2.24, 2.45) is 0 Å². The first-order valence-electron chi connectivity index (χ1n) is 5.85. The summed E-state index contributed by atoms with van der Waals surface area (Å²) >= 11 is 3.52. The third kappa shape index (κ3) is 2.21. The van der Waals surface area contributed by atoms with Gasteiger partial charge in [0.05, 0.1) is 0 Å². The van der Waals surface area contributed by atoms with Crippen molar-refractivity contribution in [2.75, 3.05) is 17.3 Å². The summed E-state index contributed by atoms with van der Waals surface area (Å²) in [6.07, 6.45) is 6.48. The Bertz CT molecular complexity index is 367. The molecule has 16 heavy (non-hydrogen) atoms. The Balaban J connectivity index is 2.33. The molecule has 0 bridgehead atoms. The maximum Gasteiger partial charge on any atom is 0.135 e. The topological polar surface area (TPSA) is 29.0 Å². The maximum atomic E-state index is 4.45. The lowest BCUT2D eigenvalue weighted by molar-refractivity contribution is 0.651. The van der Waals surface area contributed by atoms with E-state index in [1.807, 2.05) is 0 Å². The SMILES string of the molecule is CC(CBr)N(C)c1ncnc2c1CCCC2. The molecule has 0 fully saturated rings. The van der Waals surface area contributed by atoms with Crippen LogP contribution in [0.25, 0.3) is 0 Å². The Kier molecular flexibility index (Phi) is 3.79. The van der Waals surface area contributed by atoms with Crippen molar-refractivity contribution in [1.82, 2.24) is 9.97 Å². The molecule has 0 N–H and O–H groups in total. The zero-order valence-corrected chi connectivity index (χ0v) is 11.5. The van der Waals surface area contributed by atoms with E-state index in [0.29, 0.717) is 6.04 Å². The van der Waals surface area contributed by atoms with Crippen molar-refractivity contribution in [3.05, 3.63) is 17.6 Å². The van der Waals surface area contributed by atoms with E-state index in [0.717, 1.165) is 24.0 Å². The summed E-state index contributed by atoms with van der Waals surface area (Å²) in [5.41, 5.74) is 2.62. The monoisotopic (exact) mass is 283 g/mol. The predicted octanol–water partition coefficient (Wildman–Crippen LogP) is 2.58. The number of rotatable bonds is 3. The number of hydrogen-bond donors (Lipinski definition) is 0. The van der Waals surface area contributed by atoms with E-state index >= 15 is 0 Å². The van der Waals surface area contributed by atoms with Crippen molar-refractivity contribution < 1.29 is 0 Å². The maximum absolute atomic E-state index is 4.45. The Morgan fingerprint density at radius 3 is 2.88 bits per heavy atom. The van der Waals surface area contributed by atoms with Crippen LogP contribution in [0.1, 0.15) is 31.0 Å². The molecule has 0 saturated heterocycles. The second-order valence-corrected chi connectivity index (χ2v) is 5.09. The van der Waals surface area contributed by atoms with Gasteiger partial charge in [-0.15, -0.1) is 0 Å². The molecule has 88 valence electrons. The van der Waals surface area contributed by atoms with Crippen LogP contribution in [0.2, 0.25) is 0 Å². The molecule has 0 aromatic carbocycles. The molecule has 1 aliphatic carbocycles. The fourth-order valence-electron chi connectivity index (χ4n) is 2.12. The second-order valence-electron chi connectivity index (χ2n) is 4.44. The zero-order chi connectivity index (χ0) is 11.5. The van der Waals surface area contributed by atoms with Crippen molar-refractivity contribution in [2.45, 2.75) is 38.6 Å². The normalized spacial score (nSPS) is 16.7. The summed E-state index contributed by atoms with van der Waals surface area (Å²) in [6.45, 7) is 2.20. The first-order valence-corrected chi connectivity index (χ1v) is 6.97. The zero-order valence-electron chi connectivity index (χ0n) is 9.91. The highest BCUT2D eigenvalue weighted by atomic mass is 79.9.